The van der Waals surface area contributed by atoms with Crippen LogP contribution in [-0.4, -0.2) is 11.1 Å². The third kappa shape index (κ3) is 2.16. The van der Waals surface area contributed by atoms with Crippen molar-refractivity contribution in [3.05, 3.63) is 90.6 Å². The van der Waals surface area contributed by atoms with Crippen LogP contribution in [0, 0.1) is 12.3 Å². The van der Waals surface area contributed by atoms with E-state index in [4.69, 9.17) is 4.98 Å². The standard InChI is InChI=1S/C26H27N3/c1-6-26(5)19-13-8-10-15-21(19)29-23-22(16-11-17-27-23)28(24(29)25(26,3)4)20-14-9-7-12-18(20)2/h6-17,24H,1H2,2-5H3. The van der Waals surface area contributed by atoms with E-state index in [0.29, 0.717) is 0 Å². The first kappa shape index (κ1) is 18.0. The Hall–Kier alpha value is -3.07. The van der Waals surface area contributed by atoms with Crippen molar-refractivity contribution in [3.63, 3.8) is 0 Å². The van der Waals surface area contributed by atoms with E-state index in [0.717, 1.165) is 11.5 Å². The maximum absolute atomic E-state index is 4.85. The van der Waals surface area contributed by atoms with Gasteiger partial charge < -0.3 is 9.80 Å². The molecule has 0 aliphatic carbocycles. The lowest BCUT2D eigenvalue weighted by Crippen LogP contribution is -2.60. The molecule has 29 heavy (non-hydrogen) atoms. The van der Waals surface area contributed by atoms with Crippen LogP contribution in [0.15, 0.2) is 79.5 Å². The number of aromatic nitrogens is 1. The Bertz CT molecular complexity index is 1120. The lowest BCUT2D eigenvalue weighted by atomic mass is 9.58. The summed E-state index contributed by atoms with van der Waals surface area (Å²) >= 11 is 0. The Kier molecular flexibility index (Phi) is 3.70. The van der Waals surface area contributed by atoms with Crippen LogP contribution >= 0.6 is 0 Å². The molecule has 2 aliphatic heterocycles. The van der Waals surface area contributed by atoms with Gasteiger partial charge in [0.1, 0.15) is 6.17 Å². The molecule has 3 heterocycles. The first-order valence-electron chi connectivity index (χ1n) is 10.2. The number of nitrogens with zero attached hydrogens (tertiary/aromatic N) is 3. The first-order chi connectivity index (χ1) is 13.9. The molecule has 0 N–H and O–H groups in total. The minimum Gasteiger partial charge on any atom is -0.316 e. The molecule has 5 rings (SSSR count). The number of pyridine rings is 1. The maximum atomic E-state index is 4.85. The molecule has 0 saturated carbocycles. The van der Waals surface area contributed by atoms with Gasteiger partial charge in [-0.1, -0.05) is 63.2 Å². The number of hydrogen-bond acceptors (Lipinski definition) is 3. The molecule has 1 aromatic heterocycles. The van der Waals surface area contributed by atoms with E-state index in [9.17, 15) is 0 Å². The van der Waals surface area contributed by atoms with Crippen LogP contribution in [0.25, 0.3) is 0 Å². The summed E-state index contributed by atoms with van der Waals surface area (Å²) in [6.07, 6.45) is 4.12. The summed E-state index contributed by atoms with van der Waals surface area (Å²) in [5.41, 5.74) is 5.85. The van der Waals surface area contributed by atoms with Gasteiger partial charge in [0.15, 0.2) is 5.82 Å². The van der Waals surface area contributed by atoms with Crippen LogP contribution in [0.4, 0.5) is 22.9 Å². The molecule has 0 fully saturated rings. The Morgan fingerprint density at radius 1 is 0.862 bits per heavy atom. The average molecular weight is 382 g/mol. The second-order valence-corrected chi connectivity index (χ2v) is 8.89. The summed E-state index contributed by atoms with van der Waals surface area (Å²) in [6, 6.07) is 21.6. The predicted molar refractivity (Wildman–Crippen MR) is 121 cm³/mol. The highest BCUT2D eigenvalue weighted by molar-refractivity contribution is 5.89. The molecule has 3 nitrogen and oxygen atoms in total. The van der Waals surface area contributed by atoms with Crippen molar-refractivity contribution in [1.29, 1.82) is 0 Å². The molecule has 2 atom stereocenters. The van der Waals surface area contributed by atoms with Crippen LogP contribution < -0.4 is 9.80 Å². The lowest BCUT2D eigenvalue weighted by molar-refractivity contribution is 0.171. The highest BCUT2D eigenvalue weighted by atomic mass is 15.5. The number of rotatable bonds is 2. The van der Waals surface area contributed by atoms with Crippen LogP contribution in [0.1, 0.15) is 31.9 Å². The van der Waals surface area contributed by atoms with Gasteiger partial charge in [-0.25, -0.2) is 4.98 Å². The number of aryl methyl sites for hydroxylation is 1. The van der Waals surface area contributed by atoms with E-state index >= 15 is 0 Å². The molecular weight excluding hydrogens is 354 g/mol. The first-order valence-corrected chi connectivity index (χ1v) is 10.2. The smallest absolute Gasteiger partial charge is 0.158 e. The predicted octanol–water partition coefficient (Wildman–Crippen LogP) is 6.49. The summed E-state index contributed by atoms with van der Waals surface area (Å²) in [5.74, 6) is 1.02. The van der Waals surface area contributed by atoms with E-state index in [1.807, 2.05) is 12.3 Å². The number of para-hydroxylation sites is 2. The summed E-state index contributed by atoms with van der Waals surface area (Å²) in [5, 5.41) is 0. The monoisotopic (exact) mass is 381 g/mol. The molecule has 2 unspecified atom stereocenters. The van der Waals surface area contributed by atoms with Crippen LogP contribution in [0.2, 0.25) is 0 Å². The van der Waals surface area contributed by atoms with Gasteiger partial charge in [-0.15, -0.1) is 6.58 Å². The number of hydrogen-bond donors (Lipinski definition) is 0. The highest BCUT2D eigenvalue weighted by Gasteiger charge is 2.59. The van der Waals surface area contributed by atoms with Crippen molar-refractivity contribution in [1.82, 2.24) is 4.98 Å². The Labute approximate surface area is 173 Å². The van der Waals surface area contributed by atoms with Gasteiger partial charge in [-0.3, -0.25) is 0 Å². The zero-order chi connectivity index (χ0) is 20.4. The largest absolute Gasteiger partial charge is 0.316 e. The van der Waals surface area contributed by atoms with Crippen molar-refractivity contribution in [2.75, 3.05) is 9.80 Å². The van der Waals surface area contributed by atoms with Gasteiger partial charge in [-0.2, -0.15) is 0 Å². The van der Waals surface area contributed by atoms with Gasteiger partial charge >= 0.3 is 0 Å². The SMILES string of the molecule is C=CC1(C)c2ccccc2N2c3ncccc3N(c3ccccc3C)C2C1(C)C. The third-order valence-corrected chi connectivity index (χ3v) is 7.23. The van der Waals surface area contributed by atoms with Crippen LogP contribution in [0.5, 0.6) is 0 Å². The molecule has 0 bridgehead atoms. The molecule has 146 valence electrons. The molecule has 2 aliphatic rings. The van der Waals surface area contributed by atoms with E-state index in [2.05, 4.69) is 105 Å². The zero-order valence-corrected chi connectivity index (χ0v) is 17.6. The third-order valence-electron chi connectivity index (χ3n) is 7.23. The van der Waals surface area contributed by atoms with Crippen molar-refractivity contribution in [3.8, 4) is 0 Å². The summed E-state index contributed by atoms with van der Waals surface area (Å²) < 4.78 is 0. The van der Waals surface area contributed by atoms with Crippen molar-refractivity contribution in [2.24, 2.45) is 5.41 Å². The average Bonchev–Trinajstić information content (AvgIpc) is 3.09. The zero-order valence-electron chi connectivity index (χ0n) is 17.6. The normalized spacial score (nSPS) is 23.9. The van der Waals surface area contributed by atoms with Crippen molar-refractivity contribution >= 4 is 22.9 Å². The molecule has 0 amide bonds. The fourth-order valence-corrected chi connectivity index (χ4v) is 5.22. The van der Waals surface area contributed by atoms with Crippen LogP contribution in [0.3, 0.4) is 0 Å². The topological polar surface area (TPSA) is 19.4 Å². The molecule has 2 aromatic carbocycles. The summed E-state index contributed by atoms with van der Waals surface area (Å²) in [6.45, 7) is 13.5. The quantitative estimate of drug-likeness (QED) is 0.473. The summed E-state index contributed by atoms with van der Waals surface area (Å²) in [7, 11) is 0. The molecule has 3 aromatic rings. The van der Waals surface area contributed by atoms with E-state index in [1.54, 1.807) is 0 Å². The van der Waals surface area contributed by atoms with E-state index in [-0.39, 0.29) is 17.0 Å². The molecule has 3 heteroatoms. The highest BCUT2D eigenvalue weighted by Crippen LogP contribution is 2.62. The second-order valence-electron chi connectivity index (χ2n) is 8.89. The van der Waals surface area contributed by atoms with Gasteiger partial charge in [0.05, 0.1) is 5.69 Å². The Morgan fingerprint density at radius 2 is 1.52 bits per heavy atom. The van der Waals surface area contributed by atoms with E-state index in [1.165, 1.54) is 22.5 Å². The minimum absolute atomic E-state index is 0.0893. The fourth-order valence-electron chi connectivity index (χ4n) is 5.22. The van der Waals surface area contributed by atoms with Gasteiger partial charge in [0.25, 0.3) is 0 Å². The maximum Gasteiger partial charge on any atom is 0.158 e. The fraction of sp³-hybridized carbons (Fsp3) is 0.269. The number of benzene rings is 2. The lowest BCUT2D eigenvalue weighted by Gasteiger charge is -2.56. The van der Waals surface area contributed by atoms with Crippen LogP contribution in [-0.2, 0) is 5.41 Å². The van der Waals surface area contributed by atoms with Gasteiger partial charge in [0.2, 0.25) is 0 Å². The van der Waals surface area contributed by atoms with Crippen molar-refractivity contribution in [2.45, 2.75) is 39.3 Å². The van der Waals surface area contributed by atoms with Gasteiger partial charge in [0, 0.05) is 28.4 Å². The number of anilines is 4. The number of fused-ring (bicyclic) bond motifs is 5. The molecule has 0 saturated heterocycles. The molecule has 0 radical (unpaired) electrons. The number of allylic oxidation sites excluding steroid dienone is 1. The Balaban J connectivity index is 1.87. The molecular formula is C26H27N3. The summed E-state index contributed by atoms with van der Waals surface area (Å²) in [4.78, 5) is 9.76. The minimum atomic E-state index is -0.187. The van der Waals surface area contributed by atoms with Crippen molar-refractivity contribution < 1.29 is 0 Å². The second kappa shape index (κ2) is 5.96. The molecule has 0 spiro atoms. The van der Waals surface area contributed by atoms with E-state index < -0.39 is 0 Å². The Morgan fingerprint density at radius 3 is 2.24 bits per heavy atom. The van der Waals surface area contributed by atoms with Gasteiger partial charge in [-0.05, 0) is 42.3 Å².